The minimum absolute atomic E-state index is 0.147. The largest absolute Gasteiger partial charge is 0.454 e. The first-order valence-corrected chi connectivity index (χ1v) is 12.6. The molecule has 1 N–H and O–H groups in total. The SMILES string of the molecule is CCNC(=O)C(Cc1ccccc1)N(Cc1ccc(Cl)cc1Cl)C(=O)CCc1ccc2c(c1)OCO2. The lowest BCUT2D eigenvalue weighted by molar-refractivity contribution is -0.141. The predicted octanol–water partition coefficient (Wildman–Crippen LogP) is 5.43. The molecule has 0 saturated carbocycles. The minimum atomic E-state index is -0.705. The van der Waals surface area contributed by atoms with Gasteiger partial charge in [0.15, 0.2) is 11.5 Å². The molecule has 0 aliphatic carbocycles. The van der Waals surface area contributed by atoms with Gasteiger partial charge in [-0.1, -0.05) is 65.7 Å². The number of likely N-dealkylation sites (N-methyl/N-ethyl adjacent to an activating group) is 1. The van der Waals surface area contributed by atoms with E-state index in [1.165, 1.54) is 0 Å². The van der Waals surface area contributed by atoms with E-state index in [2.05, 4.69) is 5.32 Å². The Morgan fingerprint density at radius 1 is 0.972 bits per heavy atom. The molecule has 0 saturated heterocycles. The Morgan fingerprint density at radius 3 is 2.50 bits per heavy atom. The van der Waals surface area contributed by atoms with Gasteiger partial charge in [-0.05, 0) is 54.3 Å². The second-order valence-corrected chi connectivity index (χ2v) is 9.39. The quantitative estimate of drug-likeness (QED) is 0.382. The number of nitrogens with zero attached hydrogens (tertiary/aromatic N) is 1. The van der Waals surface area contributed by atoms with Crippen LogP contribution in [-0.4, -0.2) is 36.1 Å². The van der Waals surface area contributed by atoms with Gasteiger partial charge in [0.25, 0.3) is 0 Å². The summed E-state index contributed by atoms with van der Waals surface area (Å²) >= 11 is 12.5. The fourth-order valence-corrected chi connectivity index (χ4v) is 4.64. The van der Waals surface area contributed by atoms with Crippen LogP contribution in [0.1, 0.15) is 30.0 Å². The van der Waals surface area contributed by atoms with Crippen LogP contribution in [0.4, 0.5) is 0 Å². The van der Waals surface area contributed by atoms with Crippen LogP contribution in [0.5, 0.6) is 11.5 Å². The highest BCUT2D eigenvalue weighted by molar-refractivity contribution is 6.35. The van der Waals surface area contributed by atoms with E-state index in [4.69, 9.17) is 32.7 Å². The van der Waals surface area contributed by atoms with Crippen LogP contribution in [0.15, 0.2) is 66.7 Å². The molecule has 3 aromatic carbocycles. The summed E-state index contributed by atoms with van der Waals surface area (Å²) in [6.45, 7) is 2.70. The third-order valence-electron chi connectivity index (χ3n) is 6.04. The first-order chi connectivity index (χ1) is 17.4. The van der Waals surface area contributed by atoms with E-state index in [1.54, 1.807) is 23.1 Å². The molecular formula is C28H28Cl2N2O4. The van der Waals surface area contributed by atoms with Crippen molar-refractivity contribution in [3.05, 3.63) is 93.5 Å². The number of hydrogen-bond acceptors (Lipinski definition) is 4. The van der Waals surface area contributed by atoms with Gasteiger partial charge in [0.1, 0.15) is 6.04 Å². The maximum atomic E-state index is 13.7. The normalized spacial score (nSPS) is 12.8. The summed E-state index contributed by atoms with van der Waals surface area (Å²) < 4.78 is 10.8. The number of aryl methyl sites for hydroxylation is 1. The molecule has 1 heterocycles. The molecule has 8 heteroatoms. The number of benzene rings is 3. The van der Waals surface area contributed by atoms with Gasteiger partial charge >= 0.3 is 0 Å². The predicted molar refractivity (Wildman–Crippen MR) is 141 cm³/mol. The molecule has 0 bridgehead atoms. The van der Waals surface area contributed by atoms with Crippen molar-refractivity contribution in [2.24, 2.45) is 0 Å². The van der Waals surface area contributed by atoms with Crippen LogP contribution in [0.25, 0.3) is 0 Å². The fourth-order valence-electron chi connectivity index (χ4n) is 4.17. The molecule has 188 valence electrons. The molecule has 36 heavy (non-hydrogen) atoms. The number of carbonyl (C=O) groups is 2. The Balaban J connectivity index is 1.60. The van der Waals surface area contributed by atoms with Gasteiger partial charge in [-0.2, -0.15) is 0 Å². The van der Waals surface area contributed by atoms with Crippen molar-refractivity contribution in [2.45, 2.75) is 38.8 Å². The standard InChI is InChI=1S/C28H28Cl2N2O4/c1-2-31-28(34)24(14-19-6-4-3-5-7-19)32(17-21-10-11-22(29)16-23(21)30)27(33)13-9-20-8-12-25-26(15-20)36-18-35-25/h3-8,10-12,15-16,24H,2,9,13-14,17-18H2,1H3,(H,31,34). The highest BCUT2D eigenvalue weighted by Gasteiger charge is 2.30. The van der Waals surface area contributed by atoms with E-state index in [-0.39, 0.29) is 31.6 Å². The number of halogens is 2. The Kier molecular flexibility index (Phi) is 8.73. The monoisotopic (exact) mass is 526 g/mol. The maximum Gasteiger partial charge on any atom is 0.243 e. The van der Waals surface area contributed by atoms with Crippen molar-refractivity contribution in [3.8, 4) is 11.5 Å². The number of ether oxygens (including phenoxy) is 2. The molecule has 1 aliphatic rings. The van der Waals surface area contributed by atoms with Crippen LogP contribution >= 0.6 is 23.2 Å². The van der Waals surface area contributed by atoms with Crippen LogP contribution in [0, 0.1) is 0 Å². The number of fused-ring (bicyclic) bond motifs is 1. The molecule has 0 radical (unpaired) electrons. The first-order valence-electron chi connectivity index (χ1n) is 11.9. The van der Waals surface area contributed by atoms with Gasteiger partial charge < -0.3 is 19.7 Å². The highest BCUT2D eigenvalue weighted by Crippen LogP contribution is 2.33. The summed E-state index contributed by atoms with van der Waals surface area (Å²) in [5.41, 5.74) is 2.64. The lowest BCUT2D eigenvalue weighted by Crippen LogP contribution is -2.50. The van der Waals surface area contributed by atoms with E-state index >= 15 is 0 Å². The van der Waals surface area contributed by atoms with Gasteiger partial charge in [0.2, 0.25) is 18.6 Å². The average Bonchev–Trinajstić information content (AvgIpc) is 3.34. The van der Waals surface area contributed by atoms with Crippen LogP contribution in [0.3, 0.4) is 0 Å². The average molecular weight is 527 g/mol. The summed E-state index contributed by atoms with van der Waals surface area (Å²) in [6, 6.07) is 19.8. The van der Waals surface area contributed by atoms with Gasteiger partial charge in [-0.3, -0.25) is 9.59 Å². The molecule has 0 fully saturated rings. The van der Waals surface area contributed by atoms with Gasteiger partial charge in [-0.15, -0.1) is 0 Å². The zero-order chi connectivity index (χ0) is 25.5. The molecular weight excluding hydrogens is 499 g/mol. The topological polar surface area (TPSA) is 67.9 Å². The van der Waals surface area contributed by atoms with Crippen molar-refractivity contribution < 1.29 is 19.1 Å². The Bertz CT molecular complexity index is 1220. The van der Waals surface area contributed by atoms with Crippen LogP contribution in [-0.2, 0) is 29.0 Å². The van der Waals surface area contributed by atoms with Gasteiger partial charge in [0, 0.05) is 36.0 Å². The third kappa shape index (κ3) is 6.50. The molecule has 0 spiro atoms. The molecule has 4 rings (SSSR count). The lowest BCUT2D eigenvalue weighted by atomic mass is 10.0. The second-order valence-electron chi connectivity index (χ2n) is 8.55. The Morgan fingerprint density at radius 2 is 1.75 bits per heavy atom. The zero-order valence-corrected chi connectivity index (χ0v) is 21.5. The summed E-state index contributed by atoms with van der Waals surface area (Å²) in [5.74, 6) is 1.02. The van der Waals surface area contributed by atoms with E-state index in [1.807, 2.05) is 55.5 Å². The van der Waals surface area contributed by atoms with Crippen molar-refractivity contribution >= 4 is 35.0 Å². The number of hydrogen-bond donors (Lipinski definition) is 1. The van der Waals surface area contributed by atoms with E-state index in [0.717, 1.165) is 16.7 Å². The van der Waals surface area contributed by atoms with E-state index in [9.17, 15) is 9.59 Å². The Labute approximate surface area is 221 Å². The Hall–Kier alpha value is -3.22. The van der Waals surface area contributed by atoms with E-state index < -0.39 is 6.04 Å². The molecule has 1 atom stereocenters. The number of rotatable bonds is 10. The van der Waals surface area contributed by atoms with Gasteiger partial charge in [0.05, 0.1) is 0 Å². The first kappa shape index (κ1) is 25.9. The van der Waals surface area contributed by atoms with Crippen molar-refractivity contribution in [3.63, 3.8) is 0 Å². The smallest absolute Gasteiger partial charge is 0.243 e. The van der Waals surface area contributed by atoms with Crippen molar-refractivity contribution in [2.75, 3.05) is 13.3 Å². The third-order valence-corrected chi connectivity index (χ3v) is 6.63. The molecule has 3 aromatic rings. The lowest BCUT2D eigenvalue weighted by Gasteiger charge is -2.32. The zero-order valence-electron chi connectivity index (χ0n) is 20.0. The highest BCUT2D eigenvalue weighted by atomic mass is 35.5. The van der Waals surface area contributed by atoms with Crippen LogP contribution in [0.2, 0.25) is 10.0 Å². The van der Waals surface area contributed by atoms with E-state index in [0.29, 0.717) is 40.9 Å². The molecule has 1 unspecified atom stereocenters. The molecule has 6 nitrogen and oxygen atoms in total. The summed E-state index contributed by atoms with van der Waals surface area (Å²) in [4.78, 5) is 28.6. The van der Waals surface area contributed by atoms with Crippen molar-refractivity contribution in [1.82, 2.24) is 10.2 Å². The minimum Gasteiger partial charge on any atom is -0.454 e. The molecule has 0 aromatic heterocycles. The van der Waals surface area contributed by atoms with Crippen LogP contribution < -0.4 is 14.8 Å². The molecule has 2 amide bonds. The van der Waals surface area contributed by atoms with Gasteiger partial charge in [-0.25, -0.2) is 0 Å². The number of carbonyl (C=O) groups excluding carboxylic acids is 2. The summed E-state index contributed by atoms with van der Waals surface area (Å²) in [6.07, 6.45) is 1.09. The maximum absolute atomic E-state index is 13.7. The second kappa shape index (κ2) is 12.2. The molecule has 1 aliphatic heterocycles. The summed E-state index contributed by atoms with van der Waals surface area (Å²) in [7, 11) is 0. The number of amides is 2. The van der Waals surface area contributed by atoms with Crippen molar-refractivity contribution in [1.29, 1.82) is 0 Å². The number of nitrogens with one attached hydrogen (secondary N) is 1. The summed E-state index contributed by atoms with van der Waals surface area (Å²) in [5, 5.41) is 3.85. The fraction of sp³-hybridized carbons (Fsp3) is 0.286.